The van der Waals surface area contributed by atoms with Gasteiger partial charge in [-0.25, -0.2) is 0 Å². The maximum atomic E-state index is 12.4. The smallest absolute Gasteiger partial charge is 0.239 e. The summed E-state index contributed by atoms with van der Waals surface area (Å²) in [6, 6.07) is 17.5. The van der Waals surface area contributed by atoms with Gasteiger partial charge in [0.2, 0.25) is 11.9 Å². The largest absolute Gasteiger partial charge is 0.367 e. The molecule has 0 aliphatic rings. The van der Waals surface area contributed by atoms with Crippen LogP contribution in [0.1, 0.15) is 29.3 Å². The molecule has 0 saturated carbocycles. The molecule has 0 bridgehead atoms. The number of anilines is 1. The van der Waals surface area contributed by atoms with Crippen molar-refractivity contribution in [3.8, 4) is 0 Å². The summed E-state index contributed by atoms with van der Waals surface area (Å²) in [6.07, 6.45) is 0.300. The van der Waals surface area contributed by atoms with Gasteiger partial charge in [-0.3, -0.25) is 9.89 Å². The van der Waals surface area contributed by atoms with Gasteiger partial charge in [0.1, 0.15) is 5.82 Å². The van der Waals surface area contributed by atoms with Crippen molar-refractivity contribution in [2.24, 2.45) is 0 Å². The Morgan fingerprint density at radius 2 is 1.92 bits per heavy atom. The number of amides is 1. The van der Waals surface area contributed by atoms with Gasteiger partial charge in [0.05, 0.1) is 6.54 Å². The van der Waals surface area contributed by atoms with Gasteiger partial charge in [0.15, 0.2) is 0 Å². The quantitative estimate of drug-likeness (QED) is 0.633. The first-order chi connectivity index (χ1) is 12.1. The fourth-order valence-electron chi connectivity index (χ4n) is 2.67. The first kappa shape index (κ1) is 17.0. The number of aromatic nitrogens is 3. The van der Waals surface area contributed by atoms with Crippen molar-refractivity contribution in [3.05, 3.63) is 76.6 Å². The summed E-state index contributed by atoms with van der Waals surface area (Å²) < 4.78 is 0. The topological polar surface area (TPSA) is 96.7 Å². The van der Waals surface area contributed by atoms with Crippen LogP contribution in [0.25, 0.3) is 0 Å². The number of carbonyl (C=O) groups excluding carboxylic acids is 1. The third-order valence-electron chi connectivity index (χ3n) is 3.84. The van der Waals surface area contributed by atoms with E-state index in [0.717, 1.165) is 11.1 Å². The molecule has 2 aromatic carbocycles. The van der Waals surface area contributed by atoms with Crippen molar-refractivity contribution in [2.75, 3.05) is 5.73 Å². The van der Waals surface area contributed by atoms with Crippen LogP contribution in [0.5, 0.6) is 0 Å². The molecule has 0 saturated heterocycles. The number of carbonyl (C=O) groups is 1. The number of benzene rings is 2. The van der Waals surface area contributed by atoms with E-state index >= 15 is 0 Å². The molecule has 0 fully saturated rings. The molecule has 0 unspecified atom stereocenters. The third kappa shape index (κ3) is 4.58. The van der Waals surface area contributed by atoms with E-state index in [-0.39, 0.29) is 24.3 Å². The predicted molar refractivity (Wildman–Crippen MR) is 97.0 cm³/mol. The van der Waals surface area contributed by atoms with Crippen LogP contribution in [0.3, 0.4) is 0 Å². The van der Waals surface area contributed by atoms with Crippen molar-refractivity contribution in [2.45, 2.75) is 18.9 Å². The number of aromatic amines is 1. The highest BCUT2D eigenvalue weighted by Gasteiger charge is 2.18. The lowest BCUT2D eigenvalue weighted by atomic mass is 9.88. The number of rotatable bonds is 6. The van der Waals surface area contributed by atoms with Crippen LogP contribution in [0.2, 0.25) is 5.02 Å². The van der Waals surface area contributed by atoms with Crippen molar-refractivity contribution in [1.29, 1.82) is 0 Å². The second-order valence-electron chi connectivity index (χ2n) is 5.64. The predicted octanol–water partition coefficient (Wildman–Crippen LogP) is 2.88. The number of nitrogens with zero attached hydrogens (tertiary/aromatic N) is 2. The van der Waals surface area contributed by atoms with Gasteiger partial charge in [0.25, 0.3) is 0 Å². The maximum absolute atomic E-state index is 12.4. The summed E-state index contributed by atoms with van der Waals surface area (Å²) >= 11 is 6.12. The van der Waals surface area contributed by atoms with Gasteiger partial charge in [-0.15, -0.1) is 5.10 Å². The summed E-state index contributed by atoms with van der Waals surface area (Å²) in [5.74, 6) is 0.499. The molecule has 1 atom stereocenters. The van der Waals surface area contributed by atoms with Crippen LogP contribution in [0.4, 0.5) is 5.95 Å². The van der Waals surface area contributed by atoms with Gasteiger partial charge in [0, 0.05) is 17.4 Å². The Morgan fingerprint density at radius 1 is 1.16 bits per heavy atom. The second kappa shape index (κ2) is 7.81. The van der Waals surface area contributed by atoms with E-state index in [1.165, 1.54) is 0 Å². The summed E-state index contributed by atoms with van der Waals surface area (Å²) in [5, 5.41) is 9.89. The Morgan fingerprint density at radius 3 is 2.60 bits per heavy atom. The van der Waals surface area contributed by atoms with Crippen LogP contribution in [-0.2, 0) is 11.3 Å². The minimum Gasteiger partial charge on any atom is -0.367 e. The van der Waals surface area contributed by atoms with E-state index in [4.69, 9.17) is 17.3 Å². The number of nitrogens with two attached hydrogens (primary N) is 1. The molecule has 0 aliphatic carbocycles. The fraction of sp³-hybridized carbons (Fsp3) is 0.167. The molecule has 3 rings (SSSR count). The highest BCUT2D eigenvalue weighted by molar-refractivity contribution is 6.30. The zero-order valence-corrected chi connectivity index (χ0v) is 14.2. The van der Waals surface area contributed by atoms with Crippen LogP contribution < -0.4 is 11.1 Å². The van der Waals surface area contributed by atoms with Gasteiger partial charge in [-0.1, -0.05) is 54.1 Å². The van der Waals surface area contributed by atoms with Gasteiger partial charge in [-0.05, 0) is 23.3 Å². The minimum absolute atomic E-state index is 0.0836. The molecule has 25 heavy (non-hydrogen) atoms. The number of hydrogen-bond donors (Lipinski definition) is 3. The molecule has 4 N–H and O–H groups in total. The highest BCUT2D eigenvalue weighted by atomic mass is 35.5. The van der Waals surface area contributed by atoms with E-state index in [2.05, 4.69) is 20.5 Å². The monoisotopic (exact) mass is 355 g/mol. The first-order valence-electron chi connectivity index (χ1n) is 7.85. The van der Waals surface area contributed by atoms with Crippen LogP contribution >= 0.6 is 11.6 Å². The highest BCUT2D eigenvalue weighted by Crippen LogP contribution is 2.29. The number of nitrogens with one attached hydrogen (secondary N) is 2. The van der Waals surface area contributed by atoms with Crippen molar-refractivity contribution in [3.63, 3.8) is 0 Å². The average Bonchev–Trinajstić information content (AvgIpc) is 3.04. The Hall–Kier alpha value is -2.86. The standard InChI is InChI=1S/C18H18ClN5O/c19-14-8-4-7-13(9-14)15(12-5-2-1-3-6-12)10-17(25)21-11-16-22-18(20)24-23-16/h1-9,15H,10-11H2,(H,21,25)(H3,20,22,23,24)/t15-/m0/s1. The zero-order valence-electron chi connectivity index (χ0n) is 13.4. The Labute approximate surface area is 150 Å². The number of nitrogen functional groups attached to an aromatic ring is 1. The molecule has 0 radical (unpaired) electrons. The molecule has 1 amide bonds. The van der Waals surface area contributed by atoms with Crippen LogP contribution in [0, 0.1) is 0 Å². The molecule has 128 valence electrons. The van der Waals surface area contributed by atoms with E-state index in [9.17, 15) is 4.79 Å². The molecule has 1 aromatic heterocycles. The lowest BCUT2D eigenvalue weighted by Gasteiger charge is -2.18. The molecule has 6 nitrogen and oxygen atoms in total. The second-order valence-corrected chi connectivity index (χ2v) is 6.08. The number of halogens is 1. The number of hydrogen-bond acceptors (Lipinski definition) is 4. The third-order valence-corrected chi connectivity index (χ3v) is 4.08. The summed E-state index contributed by atoms with van der Waals surface area (Å²) in [6.45, 7) is 0.250. The van der Waals surface area contributed by atoms with Gasteiger partial charge < -0.3 is 11.1 Å². The van der Waals surface area contributed by atoms with E-state index in [1.807, 2.05) is 54.6 Å². The van der Waals surface area contributed by atoms with Crippen molar-refractivity contribution < 1.29 is 4.79 Å². The van der Waals surface area contributed by atoms with Gasteiger partial charge in [-0.2, -0.15) is 4.98 Å². The molecule has 0 aliphatic heterocycles. The molecule has 7 heteroatoms. The molecule has 1 heterocycles. The SMILES string of the molecule is Nc1n[nH]c(CNC(=O)C[C@@H](c2ccccc2)c2cccc(Cl)c2)n1. The van der Waals surface area contributed by atoms with Crippen LogP contribution in [0.15, 0.2) is 54.6 Å². The molecule has 3 aromatic rings. The van der Waals surface area contributed by atoms with Crippen molar-refractivity contribution in [1.82, 2.24) is 20.5 Å². The fourth-order valence-corrected chi connectivity index (χ4v) is 2.86. The Balaban J connectivity index is 1.74. The molecular weight excluding hydrogens is 338 g/mol. The summed E-state index contributed by atoms with van der Waals surface area (Å²) in [4.78, 5) is 16.4. The normalized spacial score (nSPS) is 11.9. The van der Waals surface area contributed by atoms with E-state index in [1.54, 1.807) is 0 Å². The molecule has 0 spiro atoms. The van der Waals surface area contributed by atoms with Crippen molar-refractivity contribution >= 4 is 23.5 Å². The Kier molecular flexibility index (Phi) is 5.30. The minimum atomic E-state index is -0.0937. The summed E-state index contributed by atoms with van der Waals surface area (Å²) in [5.41, 5.74) is 7.51. The lowest BCUT2D eigenvalue weighted by Crippen LogP contribution is -2.25. The van der Waals surface area contributed by atoms with E-state index < -0.39 is 0 Å². The first-order valence-corrected chi connectivity index (χ1v) is 8.23. The maximum Gasteiger partial charge on any atom is 0.239 e. The average molecular weight is 356 g/mol. The Bertz CT molecular complexity index is 849. The van der Waals surface area contributed by atoms with E-state index in [0.29, 0.717) is 17.3 Å². The zero-order chi connectivity index (χ0) is 17.6. The van der Waals surface area contributed by atoms with Gasteiger partial charge >= 0.3 is 0 Å². The molecular formula is C18H18ClN5O. The lowest BCUT2D eigenvalue weighted by molar-refractivity contribution is -0.121. The summed E-state index contributed by atoms with van der Waals surface area (Å²) in [7, 11) is 0. The number of H-pyrrole nitrogens is 1. The van der Waals surface area contributed by atoms with Crippen LogP contribution in [-0.4, -0.2) is 21.1 Å².